The van der Waals surface area contributed by atoms with Gasteiger partial charge in [0.1, 0.15) is 17.7 Å². The predicted octanol–water partition coefficient (Wildman–Crippen LogP) is 4.48. The molecule has 0 radical (unpaired) electrons. The molecule has 3 saturated heterocycles. The van der Waals surface area contributed by atoms with Crippen molar-refractivity contribution in [2.45, 2.75) is 101 Å². The second-order valence-corrected chi connectivity index (χ2v) is 13.0. The van der Waals surface area contributed by atoms with E-state index in [1.165, 1.54) is 16.7 Å². The summed E-state index contributed by atoms with van der Waals surface area (Å²) in [6.45, 7) is 6.43. The monoisotopic (exact) mass is 629 g/mol. The standard InChI is InChI=1S/C29H33F6N5O4/c1-14(15-5-17(28(30,31)32)9-18(6-15)29(33,34)35)39-20-10-23(25(39)42)38(12-20)13-21(37-26(43)44-27(2,3)4)24(41)40-19(11-36)7-16-8-22(16)40/h5-6,9,14,16,19-23H,7-8,10,12-13H2,1-4H3,(H,37,43)/t14-,16+,19-,20?,21-,22-,23+/m0/s1. The maximum Gasteiger partial charge on any atom is 0.416 e. The van der Waals surface area contributed by atoms with Crippen LogP contribution in [0.15, 0.2) is 18.2 Å². The van der Waals surface area contributed by atoms with Gasteiger partial charge in [-0.1, -0.05) is 0 Å². The molecule has 5 rings (SSSR count). The Labute approximate surface area is 250 Å². The molecule has 1 aromatic rings. The highest BCUT2D eigenvalue weighted by Gasteiger charge is 2.57. The zero-order valence-corrected chi connectivity index (χ0v) is 24.5. The van der Waals surface area contributed by atoms with Crippen LogP contribution in [0.3, 0.4) is 0 Å². The van der Waals surface area contributed by atoms with E-state index >= 15 is 0 Å². The molecule has 4 fully saturated rings. The summed E-state index contributed by atoms with van der Waals surface area (Å²) >= 11 is 0. The summed E-state index contributed by atoms with van der Waals surface area (Å²) in [6.07, 6.45) is -9.36. The van der Waals surface area contributed by atoms with E-state index in [2.05, 4.69) is 11.4 Å². The van der Waals surface area contributed by atoms with Gasteiger partial charge in [0.05, 0.1) is 29.3 Å². The van der Waals surface area contributed by atoms with Crippen molar-refractivity contribution >= 4 is 17.9 Å². The number of piperazine rings is 1. The number of hydrogen-bond donors (Lipinski definition) is 1. The third-order valence-electron chi connectivity index (χ3n) is 8.74. The van der Waals surface area contributed by atoms with Crippen LogP contribution in [-0.4, -0.2) is 81.5 Å². The number of carbonyl (C=O) groups is 3. The summed E-state index contributed by atoms with van der Waals surface area (Å²) in [5, 5.41) is 12.2. The van der Waals surface area contributed by atoms with Gasteiger partial charge in [0, 0.05) is 25.2 Å². The minimum absolute atomic E-state index is 0.0474. The Balaban J connectivity index is 1.35. The number of piperidine rings is 1. The topological polar surface area (TPSA) is 106 Å². The van der Waals surface area contributed by atoms with Crippen molar-refractivity contribution in [2.75, 3.05) is 13.1 Å². The number of rotatable bonds is 6. The fourth-order valence-electron chi connectivity index (χ4n) is 6.72. The van der Waals surface area contributed by atoms with Crippen molar-refractivity contribution in [3.63, 3.8) is 0 Å². The molecule has 1 saturated carbocycles. The molecule has 3 aliphatic heterocycles. The fraction of sp³-hybridized carbons (Fsp3) is 0.655. The van der Waals surface area contributed by atoms with Gasteiger partial charge in [0.15, 0.2) is 0 Å². The smallest absolute Gasteiger partial charge is 0.416 e. The first-order valence-electron chi connectivity index (χ1n) is 14.4. The molecule has 2 bridgehead atoms. The van der Waals surface area contributed by atoms with E-state index in [0.717, 1.165) is 6.42 Å². The van der Waals surface area contributed by atoms with Gasteiger partial charge in [-0.15, -0.1) is 0 Å². The largest absolute Gasteiger partial charge is 0.444 e. The number of nitriles is 1. The van der Waals surface area contributed by atoms with Gasteiger partial charge >= 0.3 is 18.4 Å². The summed E-state index contributed by atoms with van der Waals surface area (Å²) in [4.78, 5) is 44.4. The van der Waals surface area contributed by atoms with E-state index < -0.39 is 77.2 Å². The first-order valence-corrected chi connectivity index (χ1v) is 14.4. The fourth-order valence-corrected chi connectivity index (χ4v) is 6.72. The molecule has 4 aliphatic rings. The number of likely N-dealkylation sites (tertiary alicyclic amines) is 3. The second-order valence-electron chi connectivity index (χ2n) is 13.0. The van der Waals surface area contributed by atoms with Crippen LogP contribution in [-0.2, 0) is 26.7 Å². The Morgan fingerprint density at radius 3 is 2.18 bits per heavy atom. The van der Waals surface area contributed by atoms with Gasteiger partial charge in [0.25, 0.3) is 0 Å². The quantitative estimate of drug-likeness (QED) is 0.466. The molecular weight excluding hydrogens is 596 g/mol. The Hall–Kier alpha value is -3.54. The lowest BCUT2D eigenvalue weighted by Gasteiger charge is -2.39. The number of alkyl halides is 6. The van der Waals surface area contributed by atoms with Crippen LogP contribution in [0.2, 0.25) is 0 Å². The number of halogens is 6. The molecule has 1 aliphatic carbocycles. The third-order valence-corrected chi connectivity index (χ3v) is 8.74. The molecule has 9 nitrogen and oxygen atoms in total. The van der Waals surface area contributed by atoms with Crippen molar-refractivity contribution < 1.29 is 45.5 Å². The number of nitrogens with zero attached hydrogens (tertiary/aromatic N) is 4. The van der Waals surface area contributed by atoms with E-state index in [1.807, 2.05) is 0 Å². The van der Waals surface area contributed by atoms with Crippen molar-refractivity contribution in [1.29, 1.82) is 5.26 Å². The molecule has 0 spiro atoms. The summed E-state index contributed by atoms with van der Waals surface area (Å²) in [6, 6.07) is -0.896. The number of amides is 3. The molecule has 0 aromatic heterocycles. The van der Waals surface area contributed by atoms with Crippen LogP contribution in [0, 0.1) is 17.2 Å². The first kappa shape index (κ1) is 31.9. The molecule has 44 heavy (non-hydrogen) atoms. The van der Waals surface area contributed by atoms with E-state index in [9.17, 15) is 46.0 Å². The lowest BCUT2D eigenvalue weighted by atomic mass is 9.98. The summed E-state index contributed by atoms with van der Waals surface area (Å²) in [5.74, 6) is -0.753. The molecule has 3 heterocycles. The van der Waals surface area contributed by atoms with E-state index in [-0.39, 0.29) is 43.1 Å². The zero-order chi connectivity index (χ0) is 32.5. The highest BCUT2D eigenvalue weighted by atomic mass is 19.4. The van der Waals surface area contributed by atoms with E-state index in [0.29, 0.717) is 18.6 Å². The number of hydrogen-bond acceptors (Lipinski definition) is 6. The summed E-state index contributed by atoms with van der Waals surface area (Å²) < 4.78 is 86.1. The molecular formula is C29H33F6N5O4. The number of fused-ring (bicyclic) bond motifs is 3. The number of alkyl carbamates (subject to hydrolysis) is 1. The molecule has 240 valence electrons. The first-order chi connectivity index (χ1) is 20.3. The van der Waals surface area contributed by atoms with Crippen molar-refractivity contribution in [3.8, 4) is 6.07 Å². The SMILES string of the molecule is C[C@@H](c1cc(C(F)(F)F)cc(C(F)(F)F)c1)N1C(=O)[C@H]2CC1CN2C[C@H](NC(=O)OC(C)(C)C)C(=O)N1[C@H](C#N)C[C@@H]2C[C@@H]21. The number of benzene rings is 1. The minimum Gasteiger partial charge on any atom is -0.444 e. The van der Waals surface area contributed by atoms with Crippen molar-refractivity contribution in [3.05, 3.63) is 34.9 Å². The third kappa shape index (κ3) is 6.18. The average Bonchev–Trinajstić information content (AvgIpc) is 3.22. The number of ether oxygens (including phenoxy) is 1. The minimum atomic E-state index is -5.02. The van der Waals surface area contributed by atoms with Gasteiger partial charge in [-0.05, 0) is 76.6 Å². The van der Waals surface area contributed by atoms with Crippen molar-refractivity contribution in [1.82, 2.24) is 20.0 Å². The number of carbonyl (C=O) groups excluding carboxylic acids is 3. The molecule has 1 aromatic carbocycles. The van der Waals surface area contributed by atoms with Crippen LogP contribution in [0.1, 0.15) is 69.7 Å². The molecule has 1 N–H and O–H groups in total. The van der Waals surface area contributed by atoms with Crippen LogP contribution in [0.4, 0.5) is 31.1 Å². The Morgan fingerprint density at radius 1 is 1.05 bits per heavy atom. The molecule has 15 heteroatoms. The van der Waals surface area contributed by atoms with Crippen LogP contribution in [0.5, 0.6) is 0 Å². The van der Waals surface area contributed by atoms with Crippen LogP contribution in [0.25, 0.3) is 0 Å². The molecule has 1 unspecified atom stereocenters. The Kier molecular flexibility index (Phi) is 7.83. The summed E-state index contributed by atoms with van der Waals surface area (Å²) in [7, 11) is 0. The lowest BCUT2D eigenvalue weighted by molar-refractivity contribution is -0.143. The van der Waals surface area contributed by atoms with Gasteiger partial charge in [-0.2, -0.15) is 31.6 Å². The van der Waals surface area contributed by atoms with E-state index in [4.69, 9.17) is 4.74 Å². The zero-order valence-electron chi connectivity index (χ0n) is 24.5. The normalized spacial score (nSPS) is 28.0. The predicted molar refractivity (Wildman–Crippen MR) is 141 cm³/mol. The number of nitrogens with one attached hydrogen (secondary N) is 1. The maximum absolute atomic E-state index is 13.7. The maximum atomic E-state index is 13.7. The highest BCUT2D eigenvalue weighted by molar-refractivity contribution is 5.89. The Morgan fingerprint density at radius 2 is 1.66 bits per heavy atom. The van der Waals surface area contributed by atoms with Gasteiger partial charge in [-0.3, -0.25) is 14.5 Å². The second kappa shape index (κ2) is 10.8. The highest BCUT2D eigenvalue weighted by Crippen LogP contribution is 2.48. The van der Waals surface area contributed by atoms with Crippen LogP contribution >= 0.6 is 0 Å². The van der Waals surface area contributed by atoms with Crippen LogP contribution < -0.4 is 5.32 Å². The summed E-state index contributed by atoms with van der Waals surface area (Å²) in [5.41, 5.74) is -4.08. The van der Waals surface area contributed by atoms with Crippen molar-refractivity contribution in [2.24, 2.45) is 5.92 Å². The average molecular weight is 630 g/mol. The van der Waals surface area contributed by atoms with Gasteiger partial charge in [0.2, 0.25) is 11.8 Å². The van der Waals surface area contributed by atoms with Gasteiger partial charge in [-0.25, -0.2) is 4.79 Å². The van der Waals surface area contributed by atoms with Gasteiger partial charge < -0.3 is 19.9 Å². The molecule has 3 amide bonds. The Bertz CT molecular complexity index is 1350. The molecule has 7 atom stereocenters. The lowest BCUT2D eigenvalue weighted by Crippen LogP contribution is -2.59. The van der Waals surface area contributed by atoms with E-state index in [1.54, 1.807) is 25.7 Å².